The van der Waals surface area contributed by atoms with Gasteiger partial charge in [0.15, 0.2) is 0 Å². The van der Waals surface area contributed by atoms with Gasteiger partial charge < -0.3 is 18.9 Å². The number of aromatic nitrogens is 2. The van der Waals surface area contributed by atoms with Crippen LogP contribution in [0.5, 0.6) is 5.75 Å². The van der Waals surface area contributed by atoms with Gasteiger partial charge in [-0.15, -0.1) is 0 Å². The molecule has 0 bridgehead atoms. The van der Waals surface area contributed by atoms with E-state index in [1.54, 1.807) is 13.3 Å². The number of benzene rings is 2. The first-order chi connectivity index (χ1) is 19.0. The smallest absolute Gasteiger partial charge is 0.435 e. The number of likely N-dealkylation sites (tertiary alicyclic amines) is 1. The van der Waals surface area contributed by atoms with E-state index < -0.39 is 11.7 Å². The van der Waals surface area contributed by atoms with Crippen molar-refractivity contribution in [3.05, 3.63) is 58.8 Å². The van der Waals surface area contributed by atoms with Crippen molar-refractivity contribution in [3.8, 4) is 5.75 Å². The number of aryl methyl sites for hydroxylation is 1. The van der Waals surface area contributed by atoms with Crippen molar-refractivity contribution < 1.29 is 28.5 Å². The summed E-state index contributed by atoms with van der Waals surface area (Å²) in [6.07, 6.45) is 5.15. The van der Waals surface area contributed by atoms with Gasteiger partial charge in [-0.25, -0.2) is 9.59 Å². The van der Waals surface area contributed by atoms with E-state index in [1.165, 1.54) is 11.8 Å². The number of esters is 1. The van der Waals surface area contributed by atoms with Crippen molar-refractivity contribution in [2.24, 2.45) is 0 Å². The molecule has 1 spiro atoms. The Morgan fingerprint density at radius 1 is 1.15 bits per heavy atom. The number of hydrogen-bond acceptors (Lipinski definition) is 8. The molecule has 2 aliphatic rings. The molecule has 0 saturated carbocycles. The van der Waals surface area contributed by atoms with Crippen LogP contribution in [-0.2, 0) is 20.8 Å². The van der Waals surface area contributed by atoms with Crippen molar-refractivity contribution in [2.75, 3.05) is 27.4 Å². The van der Waals surface area contributed by atoms with Gasteiger partial charge in [-0.1, -0.05) is 12.1 Å². The zero-order valence-electron chi connectivity index (χ0n) is 24.3. The fraction of sp³-hybridized carbons (Fsp3) is 0.516. The maximum absolute atomic E-state index is 13.0. The van der Waals surface area contributed by atoms with E-state index in [-0.39, 0.29) is 17.6 Å². The molecule has 1 aromatic heterocycles. The standard InChI is InChI=1S/C31H39N3O6/c1-20-16-26(37-5)24(23-18-32-34(27(20)23)29(36)40-30(2,3)4)19-33-14-13-31(12-7-15-39-31)17-25(33)21-8-10-22(11-9-21)28(35)38-6/h8-11,16,18,25H,7,12-15,17,19H2,1-6H3/t25-,31?/m0/s1. The van der Waals surface area contributed by atoms with Crippen molar-refractivity contribution in [1.82, 2.24) is 14.7 Å². The topological polar surface area (TPSA) is 92.1 Å². The number of rotatable bonds is 5. The highest BCUT2D eigenvalue weighted by Gasteiger charge is 2.43. The van der Waals surface area contributed by atoms with Crippen molar-refractivity contribution in [3.63, 3.8) is 0 Å². The monoisotopic (exact) mass is 549 g/mol. The van der Waals surface area contributed by atoms with Crippen LogP contribution in [0.15, 0.2) is 36.5 Å². The maximum Gasteiger partial charge on any atom is 0.435 e. The van der Waals surface area contributed by atoms with Gasteiger partial charge in [0.05, 0.1) is 37.1 Å². The third-order valence-electron chi connectivity index (χ3n) is 8.02. The van der Waals surface area contributed by atoms with Crippen LogP contribution in [0.4, 0.5) is 4.79 Å². The fourth-order valence-corrected chi connectivity index (χ4v) is 6.10. The van der Waals surface area contributed by atoms with E-state index in [9.17, 15) is 9.59 Å². The van der Waals surface area contributed by atoms with E-state index >= 15 is 0 Å². The van der Waals surface area contributed by atoms with Crippen LogP contribution in [0.25, 0.3) is 10.9 Å². The lowest BCUT2D eigenvalue weighted by molar-refractivity contribution is -0.0676. The minimum Gasteiger partial charge on any atom is -0.496 e. The molecule has 2 saturated heterocycles. The summed E-state index contributed by atoms with van der Waals surface area (Å²) >= 11 is 0. The number of carbonyl (C=O) groups is 2. The number of nitrogens with zero attached hydrogens (tertiary/aromatic N) is 3. The predicted molar refractivity (Wildman–Crippen MR) is 151 cm³/mol. The highest BCUT2D eigenvalue weighted by molar-refractivity contribution is 5.93. The number of methoxy groups -OCH3 is 2. The summed E-state index contributed by atoms with van der Waals surface area (Å²) in [6, 6.07) is 9.71. The molecule has 9 heteroatoms. The lowest BCUT2D eigenvalue weighted by Gasteiger charge is -2.45. The Balaban J connectivity index is 1.53. The SMILES string of the molecule is COC(=O)c1ccc([C@@H]2CC3(CCCO3)CCN2Cc2c(OC)cc(C)c3c2cnn3C(=O)OC(C)(C)C)cc1. The minimum absolute atomic E-state index is 0.0699. The largest absolute Gasteiger partial charge is 0.496 e. The highest BCUT2D eigenvalue weighted by atomic mass is 16.6. The first-order valence-electron chi connectivity index (χ1n) is 13.9. The van der Waals surface area contributed by atoms with Crippen molar-refractivity contribution in [2.45, 2.75) is 77.2 Å². The number of ether oxygens (including phenoxy) is 4. The predicted octanol–water partition coefficient (Wildman–Crippen LogP) is 5.81. The van der Waals surface area contributed by atoms with Crippen LogP contribution in [0.2, 0.25) is 0 Å². The molecule has 214 valence electrons. The molecule has 2 aliphatic heterocycles. The normalized spacial score (nSPS) is 21.6. The summed E-state index contributed by atoms with van der Waals surface area (Å²) in [5.74, 6) is 0.405. The van der Waals surface area contributed by atoms with E-state index in [4.69, 9.17) is 18.9 Å². The number of hydrogen-bond donors (Lipinski definition) is 0. The summed E-state index contributed by atoms with van der Waals surface area (Å²) in [4.78, 5) is 27.5. The van der Waals surface area contributed by atoms with Gasteiger partial charge in [0.1, 0.15) is 11.4 Å². The van der Waals surface area contributed by atoms with Crippen LogP contribution in [-0.4, -0.2) is 65.3 Å². The van der Waals surface area contributed by atoms with E-state index in [2.05, 4.69) is 10.00 Å². The molecule has 3 aromatic rings. The van der Waals surface area contributed by atoms with Gasteiger partial charge in [-0.3, -0.25) is 4.90 Å². The average Bonchev–Trinajstić information content (AvgIpc) is 3.58. The zero-order valence-corrected chi connectivity index (χ0v) is 24.3. The third kappa shape index (κ3) is 5.45. The minimum atomic E-state index is -0.638. The van der Waals surface area contributed by atoms with Crippen LogP contribution < -0.4 is 4.74 Å². The molecule has 1 unspecified atom stereocenters. The molecule has 2 aromatic carbocycles. The lowest BCUT2D eigenvalue weighted by atomic mass is 9.81. The highest BCUT2D eigenvalue weighted by Crippen LogP contribution is 2.45. The Labute approximate surface area is 235 Å². The Kier molecular flexibility index (Phi) is 7.63. The Morgan fingerprint density at radius 2 is 1.90 bits per heavy atom. The second-order valence-corrected chi connectivity index (χ2v) is 11.9. The van der Waals surface area contributed by atoms with Gasteiger partial charge in [-0.05, 0) is 82.7 Å². The quantitative estimate of drug-likeness (QED) is 0.368. The Morgan fingerprint density at radius 3 is 2.52 bits per heavy atom. The molecular formula is C31H39N3O6. The molecule has 3 heterocycles. The van der Waals surface area contributed by atoms with Crippen LogP contribution >= 0.6 is 0 Å². The lowest BCUT2D eigenvalue weighted by Crippen LogP contribution is -2.45. The molecule has 0 radical (unpaired) electrons. The van der Waals surface area contributed by atoms with Crippen molar-refractivity contribution >= 4 is 23.0 Å². The van der Waals surface area contributed by atoms with E-state index in [0.717, 1.165) is 72.2 Å². The molecular weight excluding hydrogens is 510 g/mol. The second-order valence-electron chi connectivity index (χ2n) is 11.9. The number of fused-ring (bicyclic) bond motifs is 1. The first-order valence-corrected chi connectivity index (χ1v) is 13.9. The van der Waals surface area contributed by atoms with Gasteiger partial charge in [-0.2, -0.15) is 9.78 Å². The van der Waals surface area contributed by atoms with E-state index in [0.29, 0.717) is 12.1 Å². The number of piperidine rings is 1. The van der Waals surface area contributed by atoms with Crippen LogP contribution in [0, 0.1) is 6.92 Å². The molecule has 0 N–H and O–H groups in total. The average molecular weight is 550 g/mol. The van der Waals surface area contributed by atoms with Gasteiger partial charge in [0.2, 0.25) is 0 Å². The summed E-state index contributed by atoms with van der Waals surface area (Å²) in [6.45, 7) is 9.70. The molecule has 0 amide bonds. The second kappa shape index (κ2) is 10.9. The summed E-state index contributed by atoms with van der Waals surface area (Å²) in [7, 11) is 3.06. The van der Waals surface area contributed by atoms with Crippen LogP contribution in [0.1, 0.15) is 79.5 Å². The number of carbonyl (C=O) groups excluding carboxylic acids is 2. The molecule has 9 nitrogen and oxygen atoms in total. The molecule has 5 rings (SSSR count). The zero-order chi connectivity index (χ0) is 28.7. The molecule has 2 fully saturated rings. The fourth-order valence-electron chi connectivity index (χ4n) is 6.10. The molecule has 0 aliphatic carbocycles. The summed E-state index contributed by atoms with van der Waals surface area (Å²) in [5.41, 5.74) is 3.45. The Bertz CT molecular complexity index is 1400. The van der Waals surface area contributed by atoms with Gasteiger partial charge in [0.25, 0.3) is 0 Å². The van der Waals surface area contributed by atoms with E-state index in [1.807, 2.05) is 58.0 Å². The maximum atomic E-state index is 13.0. The molecule has 2 atom stereocenters. The first kappa shape index (κ1) is 28.1. The Hall–Kier alpha value is -3.43. The van der Waals surface area contributed by atoms with Crippen LogP contribution in [0.3, 0.4) is 0 Å². The molecule has 40 heavy (non-hydrogen) atoms. The summed E-state index contributed by atoms with van der Waals surface area (Å²) < 4.78 is 24.0. The van der Waals surface area contributed by atoms with Gasteiger partial charge >= 0.3 is 12.1 Å². The third-order valence-corrected chi connectivity index (χ3v) is 8.02. The van der Waals surface area contributed by atoms with Crippen molar-refractivity contribution in [1.29, 1.82) is 0 Å². The van der Waals surface area contributed by atoms with Gasteiger partial charge in [0, 0.05) is 36.7 Å². The summed E-state index contributed by atoms with van der Waals surface area (Å²) in [5, 5.41) is 5.30.